The highest BCUT2D eigenvalue weighted by Crippen LogP contribution is 2.20. The highest BCUT2D eigenvalue weighted by Gasteiger charge is 2.07. The normalized spacial score (nSPS) is 10.8. The average Bonchev–Trinajstić information content (AvgIpc) is 2.64. The molecule has 2 aromatic rings. The van der Waals surface area contributed by atoms with Crippen molar-refractivity contribution in [2.45, 2.75) is 18.4 Å². The van der Waals surface area contributed by atoms with Crippen molar-refractivity contribution in [1.82, 2.24) is 9.97 Å². The topological polar surface area (TPSA) is 28.7 Å². The number of aryl methyl sites for hydroxylation is 1. The molecule has 0 atom stereocenters. The number of rotatable bonds is 3. The fraction of sp³-hybridized carbons (Fsp3) is 0.250. The Morgan fingerprint density at radius 1 is 1.47 bits per heavy atom. The maximum Gasteiger partial charge on any atom is 0.141 e. The van der Waals surface area contributed by atoms with E-state index >= 15 is 0 Å². The monoisotopic (exact) mass is 270 g/mol. The number of benzene rings is 1. The second-order valence-corrected chi connectivity index (χ2v) is 4.95. The lowest BCUT2D eigenvalue weighted by atomic mass is 10.1. The van der Waals surface area contributed by atoms with Gasteiger partial charge in [0.15, 0.2) is 0 Å². The van der Waals surface area contributed by atoms with Gasteiger partial charge in [-0.15, -0.1) is 11.8 Å². The number of nitrogens with one attached hydrogen (secondary N) is 1. The second-order valence-electron chi connectivity index (χ2n) is 3.74. The van der Waals surface area contributed by atoms with Gasteiger partial charge in [-0.2, -0.15) is 0 Å². The van der Waals surface area contributed by atoms with Gasteiger partial charge in [0.25, 0.3) is 0 Å². The van der Waals surface area contributed by atoms with Crippen LogP contribution in [0.3, 0.4) is 0 Å². The highest BCUT2D eigenvalue weighted by molar-refractivity contribution is 7.98. The summed E-state index contributed by atoms with van der Waals surface area (Å²) in [5.74, 6) is 0.477. The molecule has 17 heavy (non-hydrogen) atoms. The molecule has 1 N–H and O–H groups in total. The number of H-pyrrole nitrogens is 1. The Morgan fingerprint density at radius 2 is 2.24 bits per heavy atom. The van der Waals surface area contributed by atoms with Crippen molar-refractivity contribution in [2.75, 3.05) is 6.26 Å². The molecule has 2 rings (SSSR count). The summed E-state index contributed by atoms with van der Waals surface area (Å²) in [6.07, 6.45) is 2.61. The molecule has 0 aliphatic carbocycles. The summed E-state index contributed by atoms with van der Waals surface area (Å²) in [6.45, 7) is 1.99. The Hall–Kier alpha value is -1.00. The Labute approximate surface area is 109 Å². The number of hydrogen-bond acceptors (Lipinski definition) is 2. The van der Waals surface area contributed by atoms with Crippen molar-refractivity contribution in [3.05, 3.63) is 46.1 Å². The molecule has 0 spiro atoms. The quantitative estimate of drug-likeness (QED) is 0.859. The summed E-state index contributed by atoms with van der Waals surface area (Å²) in [7, 11) is 0. The molecular formula is C12H12ClFN2S. The van der Waals surface area contributed by atoms with Crippen LogP contribution in [0.25, 0.3) is 0 Å². The predicted molar refractivity (Wildman–Crippen MR) is 69.3 cm³/mol. The largest absolute Gasteiger partial charge is 0.345 e. The molecule has 5 heteroatoms. The van der Waals surface area contributed by atoms with Gasteiger partial charge in [-0.25, -0.2) is 9.37 Å². The summed E-state index contributed by atoms with van der Waals surface area (Å²) >= 11 is 7.34. The Morgan fingerprint density at radius 3 is 2.82 bits per heavy atom. The first kappa shape index (κ1) is 12.5. The summed E-state index contributed by atoms with van der Waals surface area (Å²) in [4.78, 5) is 7.66. The van der Waals surface area contributed by atoms with Gasteiger partial charge < -0.3 is 4.98 Å². The minimum Gasteiger partial charge on any atom is -0.345 e. The van der Waals surface area contributed by atoms with Gasteiger partial charge in [-0.1, -0.05) is 17.7 Å². The third kappa shape index (κ3) is 2.82. The Balaban J connectivity index is 2.22. The molecule has 0 fully saturated rings. The van der Waals surface area contributed by atoms with Crippen LogP contribution < -0.4 is 0 Å². The lowest BCUT2D eigenvalue weighted by molar-refractivity contribution is 0.627. The first-order chi connectivity index (χ1) is 8.10. The average molecular weight is 271 g/mol. The summed E-state index contributed by atoms with van der Waals surface area (Å²) in [5, 5.41) is 1.14. The van der Waals surface area contributed by atoms with E-state index < -0.39 is 5.82 Å². The van der Waals surface area contributed by atoms with E-state index in [0.29, 0.717) is 6.42 Å². The van der Waals surface area contributed by atoms with Crippen LogP contribution in [0, 0.1) is 12.7 Å². The van der Waals surface area contributed by atoms with Crippen LogP contribution in [0.1, 0.15) is 17.1 Å². The number of nitrogens with zero attached hydrogens (tertiary/aromatic N) is 1. The van der Waals surface area contributed by atoms with Crippen molar-refractivity contribution in [2.24, 2.45) is 0 Å². The number of aromatic amines is 1. The zero-order valence-corrected chi connectivity index (χ0v) is 11.1. The summed E-state index contributed by atoms with van der Waals surface area (Å²) in [6, 6.07) is 4.73. The van der Waals surface area contributed by atoms with Gasteiger partial charge in [0, 0.05) is 12.1 Å². The predicted octanol–water partition coefficient (Wildman–Crippen LogP) is 3.82. The lowest BCUT2D eigenvalue weighted by Gasteiger charge is -2.00. The summed E-state index contributed by atoms with van der Waals surface area (Å²) < 4.78 is 13.0. The molecule has 0 radical (unpaired) electrons. The molecular weight excluding hydrogens is 259 g/mol. The number of halogens is 2. The van der Waals surface area contributed by atoms with Crippen molar-refractivity contribution >= 4 is 23.4 Å². The molecule has 0 amide bonds. The fourth-order valence-corrected chi connectivity index (χ4v) is 2.39. The minimum atomic E-state index is -0.393. The maximum atomic E-state index is 13.0. The van der Waals surface area contributed by atoms with Crippen LogP contribution in [0.15, 0.2) is 23.2 Å². The van der Waals surface area contributed by atoms with Crippen LogP contribution in [0.5, 0.6) is 0 Å². The summed E-state index contributed by atoms with van der Waals surface area (Å²) in [5.41, 5.74) is 2.00. The van der Waals surface area contributed by atoms with Gasteiger partial charge in [-0.3, -0.25) is 0 Å². The fourth-order valence-electron chi connectivity index (χ4n) is 1.63. The molecule has 1 heterocycles. The van der Waals surface area contributed by atoms with Crippen molar-refractivity contribution < 1.29 is 4.39 Å². The number of thioether (sulfide) groups is 1. The smallest absolute Gasteiger partial charge is 0.141 e. The molecule has 0 aliphatic heterocycles. The van der Waals surface area contributed by atoms with Gasteiger partial charge in [0.2, 0.25) is 0 Å². The van der Waals surface area contributed by atoms with E-state index in [0.717, 1.165) is 22.1 Å². The number of aromatic nitrogens is 2. The van der Waals surface area contributed by atoms with Crippen LogP contribution in [-0.2, 0) is 6.42 Å². The lowest BCUT2D eigenvalue weighted by Crippen LogP contribution is -1.91. The van der Waals surface area contributed by atoms with Gasteiger partial charge in [-0.05, 0) is 30.9 Å². The van der Waals surface area contributed by atoms with E-state index in [9.17, 15) is 4.39 Å². The van der Waals surface area contributed by atoms with E-state index in [2.05, 4.69) is 9.97 Å². The Bertz CT molecular complexity index is 539. The van der Waals surface area contributed by atoms with E-state index in [1.807, 2.05) is 13.2 Å². The minimum absolute atomic E-state index is 0.149. The SMILES string of the molecule is CSc1nc(Cc2ccc(F)c(Cl)c2)[nH]c1C. The van der Waals surface area contributed by atoms with Gasteiger partial charge in [0.1, 0.15) is 16.7 Å². The van der Waals surface area contributed by atoms with E-state index in [1.165, 1.54) is 6.07 Å². The van der Waals surface area contributed by atoms with Crippen molar-refractivity contribution in [1.29, 1.82) is 0 Å². The second kappa shape index (κ2) is 5.10. The van der Waals surface area contributed by atoms with Gasteiger partial charge in [0.05, 0.1) is 5.02 Å². The van der Waals surface area contributed by atoms with Crippen LogP contribution in [0.4, 0.5) is 4.39 Å². The molecule has 0 saturated carbocycles. The Kier molecular flexibility index (Phi) is 3.74. The van der Waals surface area contributed by atoms with Crippen LogP contribution in [-0.4, -0.2) is 16.2 Å². The van der Waals surface area contributed by atoms with Gasteiger partial charge >= 0.3 is 0 Å². The van der Waals surface area contributed by atoms with E-state index in [1.54, 1.807) is 23.9 Å². The maximum absolute atomic E-state index is 13.0. The van der Waals surface area contributed by atoms with Crippen LogP contribution >= 0.6 is 23.4 Å². The van der Waals surface area contributed by atoms with Crippen LogP contribution in [0.2, 0.25) is 5.02 Å². The number of hydrogen-bond donors (Lipinski definition) is 1. The zero-order chi connectivity index (χ0) is 12.4. The molecule has 0 bridgehead atoms. The zero-order valence-electron chi connectivity index (χ0n) is 9.55. The highest BCUT2D eigenvalue weighted by atomic mass is 35.5. The first-order valence-electron chi connectivity index (χ1n) is 5.13. The van der Waals surface area contributed by atoms with E-state index in [4.69, 9.17) is 11.6 Å². The molecule has 0 aliphatic rings. The molecule has 2 nitrogen and oxygen atoms in total. The van der Waals surface area contributed by atoms with Crippen molar-refractivity contribution in [3.8, 4) is 0 Å². The third-order valence-electron chi connectivity index (χ3n) is 2.44. The van der Waals surface area contributed by atoms with E-state index in [-0.39, 0.29) is 5.02 Å². The van der Waals surface area contributed by atoms with Crippen molar-refractivity contribution in [3.63, 3.8) is 0 Å². The standard InChI is InChI=1S/C12H12ClFN2S/c1-7-12(17-2)16-11(15-7)6-8-3-4-10(14)9(13)5-8/h3-5H,6H2,1-2H3,(H,15,16). The molecule has 0 unspecified atom stereocenters. The molecule has 1 aromatic carbocycles. The molecule has 0 saturated heterocycles. The third-order valence-corrected chi connectivity index (χ3v) is 3.51. The first-order valence-corrected chi connectivity index (χ1v) is 6.74. The molecule has 90 valence electrons. The molecule has 1 aromatic heterocycles. The number of imidazole rings is 1.